The van der Waals surface area contributed by atoms with E-state index >= 15 is 0 Å². The summed E-state index contributed by atoms with van der Waals surface area (Å²) in [6.07, 6.45) is 0. The van der Waals surface area contributed by atoms with Crippen LogP contribution in [0.4, 0.5) is 10.1 Å². The minimum atomic E-state index is -3.69. The molecule has 0 spiro atoms. The zero-order valence-electron chi connectivity index (χ0n) is 18.2. The van der Waals surface area contributed by atoms with Gasteiger partial charge in [-0.1, -0.05) is 13.8 Å². The molecule has 0 fully saturated rings. The maximum absolute atomic E-state index is 13.1. The largest absolute Gasteiger partial charge is 0.340 e. The number of rotatable bonds is 7. The molecule has 2 aromatic rings. The van der Waals surface area contributed by atoms with Crippen molar-refractivity contribution in [3.8, 4) is 0 Å². The molecule has 3 N–H and O–H groups in total. The second-order valence-corrected chi connectivity index (χ2v) is 10.3. The molecule has 2 rings (SSSR count). The van der Waals surface area contributed by atoms with Gasteiger partial charge < -0.3 is 10.6 Å². The molecule has 1 atom stereocenters. The third-order valence-corrected chi connectivity index (χ3v) is 5.99. The van der Waals surface area contributed by atoms with Crippen LogP contribution in [-0.2, 0) is 14.8 Å². The fourth-order valence-electron chi connectivity index (χ4n) is 2.76. The highest BCUT2D eigenvalue weighted by molar-refractivity contribution is 7.89. The van der Waals surface area contributed by atoms with Crippen molar-refractivity contribution in [2.75, 3.05) is 5.32 Å². The molecule has 0 aromatic heterocycles. The highest BCUT2D eigenvalue weighted by Crippen LogP contribution is 2.17. The number of carbonyl (C=O) groups is 2. The van der Waals surface area contributed by atoms with Crippen molar-refractivity contribution in [3.63, 3.8) is 0 Å². The van der Waals surface area contributed by atoms with Gasteiger partial charge in [0.05, 0.1) is 4.90 Å². The molecule has 0 heterocycles. The third-order valence-electron chi connectivity index (χ3n) is 4.21. The van der Waals surface area contributed by atoms with Gasteiger partial charge in [-0.15, -0.1) is 0 Å². The monoisotopic (exact) mass is 449 g/mol. The first-order chi connectivity index (χ1) is 14.3. The summed E-state index contributed by atoms with van der Waals surface area (Å²) in [4.78, 5) is 25.2. The second-order valence-electron chi connectivity index (χ2n) is 8.57. The Morgan fingerprint density at radius 2 is 1.48 bits per heavy atom. The Morgan fingerprint density at radius 3 is 1.97 bits per heavy atom. The van der Waals surface area contributed by atoms with E-state index in [1.807, 2.05) is 0 Å². The lowest BCUT2D eigenvalue weighted by Crippen LogP contribution is -2.47. The van der Waals surface area contributed by atoms with E-state index in [1.165, 1.54) is 48.5 Å². The van der Waals surface area contributed by atoms with Crippen LogP contribution >= 0.6 is 0 Å². The van der Waals surface area contributed by atoms with Crippen LogP contribution in [0.15, 0.2) is 53.4 Å². The molecule has 2 amide bonds. The molecule has 7 nitrogen and oxygen atoms in total. The molecule has 0 saturated carbocycles. The molecule has 168 valence electrons. The molecule has 2 aromatic carbocycles. The number of hydrogen-bond donors (Lipinski definition) is 3. The predicted octanol–water partition coefficient (Wildman–Crippen LogP) is 3.30. The van der Waals surface area contributed by atoms with Crippen molar-refractivity contribution in [3.05, 3.63) is 59.9 Å². The number of carbonyl (C=O) groups excluding carboxylic acids is 2. The molecule has 9 heteroatoms. The lowest BCUT2D eigenvalue weighted by molar-refractivity contribution is -0.118. The minimum absolute atomic E-state index is 0.0745. The zero-order chi connectivity index (χ0) is 23.4. The van der Waals surface area contributed by atoms with Crippen molar-refractivity contribution < 1.29 is 22.4 Å². The van der Waals surface area contributed by atoms with Gasteiger partial charge in [0.25, 0.3) is 5.91 Å². The van der Waals surface area contributed by atoms with E-state index in [9.17, 15) is 22.4 Å². The average molecular weight is 450 g/mol. The van der Waals surface area contributed by atoms with E-state index in [1.54, 1.807) is 34.6 Å². The van der Waals surface area contributed by atoms with Gasteiger partial charge in [0.1, 0.15) is 11.9 Å². The number of anilines is 1. The number of benzene rings is 2. The smallest absolute Gasteiger partial charge is 0.251 e. The second kappa shape index (κ2) is 9.57. The highest BCUT2D eigenvalue weighted by Gasteiger charge is 2.25. The van der Waals surface area contributed by atoms with Gasteiger partial charge in [-0.3, -0.25) is 9.59 Å². The quantitative estimate of drug-likeness (QED) is 0.603. The average Bonchev–Trinajstić information content (AvgIpc) is 2.64. The molecule has 0 unspecified atom stereocenters. The molecule has 0 aliphatic carbocycles. The van der Waals surface area contributed by atoms with Crippen LogP contribution in [0.25, 0.3) is 0 Å². The Bertz CT molecular complexity index is 1030. The maximum Gasteiger partial charge on any atom is 0.251 e. The van der Waals surface area contributed by atoms with E-state index in [0.29, 0.717) is 5.69 Å². The van der Waals surface area contributed by atoms with Crippen LogP contribution in [0.1, 0.15) is 45.0 Å². The molecule has 31 heavy (non-hydrogen) atoms. The van der Waals surface area contributed by atoms with Crippen molar-refractivity contribution in [2.45, 2.75) is 51.1 Å². The summed E-state index contributed by atoms with van der Waals surface area (Å²) in [6, 6.07) is 9.92. The van der Waals surface area contributed by atoms with Crippen LogP contribution in [0.3, 0.4) is 0 Å². The standard InChI is InChI=1S/C22H28FN3O4S/c1-14(2)19(25-20(27)15-6-8-16(23)9-7-15)21(28)24-17-10-12-18(13-11-17)31(29,30)26-22(3,4)5/h6-14,19,26H,1-5H3,(H,24,28)(H,25,27)/t19-/m0/s1. The summed E-state index contributed by atoms with van der Waals surface area (Å²) in [6.45, 7) is 8.79. The normalized spacial score (nSPS) is 13.0. The number of nitrogens with one attached hydrogen (secondary N) is 3. The first-order valence-electron chi connectivity index (χ1n) is 9.80. The van der Waals surface area contributed by atoms with Gasteiger partial charge >= 0.3 is 0 Å². The lowest BCUT2D eigenvalue weighted by Gasteiger charge is -2.22. The van der Waals surface area contributed by atoms with Crippen LogP contribution in [0, 0.1) is 11.7 Å². The van der Waals surface area contributed by atoms with E-state index < -0.39 is 39.2 Å². The van der Waals surface area contributed by atoms with Crippen molar-refractivity contribution in [1.29, 1.82) is 0 Å². The summed E-state index contributed by atoms with van der Waals surface area (Å²) in [5.74, 6) is -1.63. The van der Waals surface area contributed by atoms with Gasteiger partial charge in [-0.2, -0.15) is 0 Å². The van der Waals surface area contributed by atoms with E-state index in [2.05, 4.69) is 15.4 Å². The third kappa shape index (κ3) is 7.15. The van der Waals surface area contributed by atoms with Crippen molar-refractivity contribution in [2.24, 2.45) is 5.92 Å². The summed E-state index contributed by atoms with van der Waals surface area (Å²) < 4.78 is 40.4. The van der Waals surface area contributed by atoms with E-state index in [-0.39, 0.29) is 16.4 Å². The Hall–Kier alpha value is -2.78. The number of hydrogen-bond acceptors (Lipinski definition) is 4. The zero-order valence-corrected chi connectivity index (χ0v) is 19.0. The molecule has 0 saturated heterocycles. The fraction of sp³-hybridized carbons (Fsp3) is 0.364. The lowest BCUT2D eigenvalue weighted by atomic mass is 10.0. The van der Waals surface area contributed by atoms with Gasteiger partial charge in [0.2, 0.25) is 15.9 Å². The van der Waals surface area contributed by atoms with Gasteiger partial charge in [-0.05, 0) is 75.2 Å². The summed E-state index contributed by atoms with van der Waals surface area (Å²) >= 11 is 0. The van der Waals surface area contributed by atoms with Crippen LogP contribution in [0.5, 0.6) is 0 Å². The molecule has 0 radical (unpaired) electrons. The van der Waals surface area contributed by atoms with Gasteiger partial charge in [0, 0.05) is 16.8 Å². The topological polar surface area (TPSA) is 104 Å². The van der Waals surface area contributed by atoms with Crippen LogP contribution in [0.2, 0.25) is 0 Å². The van der Waals surface area contributed by atoms with Crippen molar-refractivity contribution >= 4 is 27.5 Å². The molecule has 0 aliphatic heterocycles. The SMILES string of the molecule is CC(C)[C@H](NC(=O)c1ccc(F)cc1)C(=O)Nc1ccc(S(=O)(=O)NC(C)(C)C)cc1. The highest BCUT2D eigenvalue weighted by atomic mass is 32.2. The van der Waals surface area contributed by atoms with Crippen molar-refractivity contribution in [1.82, 2.24) is 10.0 Å². The minimum Gasteiger partial charge on any atom is -0.340 e. The predicted molar refractivity (Wildman–Crippen MR) is 118 cm³/mol. The summed E-state index contributed by atoms with van der Waals surface area (Å²) in [5.41, 5.74) is 0.000933. The first kappa shape index (κ1) is 24.5. The fourth-order valence-corrected chi connectivity index (χ4v) is 4.18. The van der Waals surface area contributed by atoms with Crippen LogP contribution in [-0.4, -0.2) is 31.8 Å². The Morgan fingerprint density at radius 1 is 0.935 bits per heavy atom. The molecule has 0 aliphatic rings. The summed E-state index contributed by atoms with van der Waals surface area (Å²) in [7, 11) is -3.69. The Kier molecular flexibility index (Phi) is 7.56. The summed E-state index contributed by atoms with van der Waals surface area (Å²) in [5, 5.41) is 5.34. The number of halogens is 1. The molecule has 0 bridgehead atoms. The first-order valence-corrected chi connectivity index (χ1v) is 11.3. The van der Waals surface area contributed by atoms with E-state index in [4.69, 9.17) is 0 Å². The Balaban J connectivity index is 2.10. The number of sulfonamides is 1. The maximum atomic E-state index is 13.1. The Labute approximate surface area is 182 Å². The van der Waals surface area contributed by atoms with Gasteiger partial charge in [-0.25, -0.2) is 17.5 Å². The number of amides is 2. The van der Waals surface area contributed by atoms with Crippen LogP contribution < -0.4 is 15.4 Å². The molecular weight excluding hydrogens is 421 g/mol. The molecular formula is C22H28FN3O4S. The van der Waals surface area contributed by atoms with Gasteiger partial charge in [0.15, 0.2) is 0 Å². The van der Waals surface area contributed by atoms with E-state index in [0.717, 1.165) is 0 Å².